The molecule has 0 bridgehead atoms. The maximum absolute atomic E-state index is 12.0. The first kappa shape index (κ1) is 63.8. The van der Waals surface area contributed by atoms with Gasteiger partial charge in [0.1, 0.15) is 0 Å². The number of carboxylic acid groups (broad SMARTS) is 4. The molecule has 0 saturated heterocycles. The van der Waals surface area contributed by atoms with Crippen LogP contribution in [-0.2, 0) is 41.6 Å². The second-order valence-electron chi connectivity index (χ2n) is 12.3. The van der Waals surface area contributed by atoms with Gasteiger partial charge in [-0.1, -0.05) is 25.7 Å². The summed E-state index contributed by atoms with van der Waals surface area (Å²) in [6.07, 6.45) is -7.24. The molecule has 0 fully saturated rings. The maximum atomic E-state index is 12.0. The Morgan fingerprint density at radius 2 is 0.955 bits per heavy atom. The SMILES string of the molecule is Cc1nc(N)sc1CCCN=C(N)NC(=O)CCCCCCCCC(=O)NC(N)=NCCCc1cnc[nH]1.O=C(O)C(F)(F)F.O=C(O)C(F)(F)F.O=C(O)C(F)(F)F.O=C(O)C(F)(F)F. The van der Waals surface area contributed by atoms with Gasteiger partial charge in [0, 0.05) is 42.7 Å². The molecule has 0 aliphatic carbocycles. The molecular weight excluding hydrogens is 956 g/mol. The van der Waals surface area contributed by atoms with Crippen LogP contribution in [0.1, 0.15) is 80.5 Å². The summed E-state index contributed by atoms with van der Waals surface area (Å²) in [5.41, 5.74) is 19.3. The number of aliphatic imine (C=N–C) groups is 2. The fourth-order valence-electron chi connectivity index (χ4n) is 3.78. The van der Waals surface area contributed by atoms with Crippen molar-refractivity contribution in [3.63, 3.8) is 0 Å². The highest BCUT2D eigenvalue weighted by atomic mass is 32.1. The number of aliphatic carboxylic acids is 4. The second-order valence-corrected chi connectivity index (χ2v) is 13.4. The highest BCUT2D eigenvalue weighted by Gasteiger charge is 2.40. The molecule has 378 valence electrons. The molecule has 0 unspecified atom stereocenters. The summed E-state index contributed by atoms with van der Waals surface area (Å²) < 4.78 is 127. The molecular formula is C33H46F12N10O10S. The van der Waals surface area contributed by atoms with Crippen LogP contribution in [0.25, 0.3) is 0 Å². The third kappa shape index (κ3) is 38.1. The van der Waals surface area contributed by atoms with E-state index in [2.05, 4.69) is 35.6 Å². The van der Waals surface area contributed by atoms with Crippen LogP contribution in [-0.4, -0.2) is 121 Å². The Balaban J connectivity index is -0.00000113. The van der Waals surface area contributed by atoms with Crippen LogP contribution >= 0.6 is 11.3 Å². The number of nitrogens with zero attached hydrogens (tertiary/aromatic N) is 4. The van der Waals surface area contributed by atoms with Crippen molar-refractivity contribution in [2.45, 2.75) is 109 Å². The Kier molecular flexibility index (Phi) is 31.2. The molecule has 0 atom stereocenters. The molecule has 0 aromatic carbocycles. The first-order chi connectivity index (χ1) is 30.1. The van der Waals surface area contributed by atoms with Crippen molar-refractivity contribution < 1.29 is 102 Å². The van der Waals surface area contributed by atoms with Crippen LogP contribution in [0, 0.1) is 6.92 Å². The first-order valence-corrected chi connectivity index (χ1v) is 19.0. The zero-order chi connectivity index (χ0) is 51.9. The Labute approximate surface area is 369 Å². The van der Waals surface area contributed by atoms with Crippen molar-refractivity contribution in [3.05, 3.63) is 28.8 Å². The van der Waals surface area contributed by atoms with E-state index in [-0.39, 0.29) is 23.7 Å². The number of unbranched alkanes of at least 4 members (excludes halogenated alkanes) is 5. The number of nitrogens with one attached hydrogen (secondary N) is 3. The van der Waals surface area contributed by atoms with Crippen molar-refractivity contribution in [1.82, 2.24) is 25.6 Å². The number of hydrogen-bond acceptors (Lipinski definition) is 12. The minimum absolute atomic E-state index is 0.112. The standard InChI is InChI=1S/C25H42N10O2S.4C2HF3O2/c1-18-20(38-25(28)33-18)11-9-15-31-24(27)35-22(37)13-7-5-3-2-4-6-12-21(36)34-23(26)30-14-8-10-19-16-29-17-32-19;4*3-2(4,5)1(6)7/h16-17H,2-15H2,1H3,(H2,28,33)(H,29,32)(H3,26,30,34,36)(H3,27,31,35,37);4*(H,6,7). The quantitative estimate of drug-likeness (QED) is 0.0439. The number of carboxylic acids is 4. The molecule has 2 heterocycles. The Hall–Kier alpha value is -6.44. The smallest absolute Gasteiger partial charge is 0.475 e. The van der Waals surface area contributed by atoms with Crippen LogP contribution in [0.4, 0.5) is 57.8 Å². The summed E-state index contributed by atoms with van der Waals surface area (Å²) in [4.78, 5) is 80.4. The van der Waals surface area contributed by atoms with E-state index in [4.69, 9.17) is 56.8 Å². The molecule has 20 nitrogen and oxygen atoms in total. The molecule has 0 saturated carbocycles. The van der Waals surface area contributed by atoms with Gasteiger partial charge in [0.05, 0.1) is 12.0 Å². The van der Waals surface area contributed by atoms with Crippen molar-refractivity contribution in [3.8, 4) is 0 Å². The van der Waals surface area contributed by atoms with Gasteiger partial charge in [-0.15, -0.1) is 11.3 Å². The van der Waals surface area contributed by atoms with Gasteiger partial charge in [-0.2, -0.15) is 52.7 Å². The van der Waals surface area contributed by atoms with E-state index in [1.807, 2.05) is 6.92 Å². The van der Waals surface area contributed by atoms with E-state index in [0.717, 1.165) is 80.5 Å². The summed E-state index contributed by atoms with van der Waals surface area (Å²) in [5.74, 6) is -10.9. The number of rotatable bonds is 17. The van der Waals surface area contributed by atoms with Gasteiger partial charge in [0.15, 0.2) is 17.1 Å². The van der Waals surface area contributed by atoms with Crippen LogP contribution in [0.5, 0.6) is 0 Å². The molecule has 33 heteroatoms. The van der Waals surface area contributed by atoms with Crippen molar-refractivity contribution in [2.75, 3.05) is 18.8 Å². The number of nitrogens with two attached hydrogens (primary N) is 3. The van der Waals surface area contributed by atoms with Gasteiger partial charge in [-0.25, -0.2) is 29.1 Å². The number of aromatic amines is 1. The molecule has 0 radical (unpaired) electrons. The lowest BCUT2D eigenvalue weighted by atomic mass is 10.1. The molecule has 0 aliphatic rings. The van der Waals surface area contributed by atoms with Crippen molar-refractivity contribution >= 4 is 64.1 Å². The predicted molar refractivity (Wildman–Crippen MR) is 207 cm³/mol. The lowest BCUT2D eigenvalue weighted by molar-refractivity contribution is -0.193. The van der Waals surface area contributed by atoms with E-state index in [9.17, 15) is 62.3 Å². The molecule has 13 N–H and O–H groups in total. The first-order valence-electron chi connectivity index (χ1n) is 18.2. The van der Waals surface area contributed by atoms with Gasteiger partial charge >= 0.3 is 48.6 Å². The van der Waals surface area contributed by atoms with Gasteiger partial charge in [-0.3, -0.25) is 30.2 Å². The van der Waals surface area contributed by atoms with Gasteiger partial charge < -0.3 is 42.6 Å². The molecule has 0 spiro atoms. The number of carbonyl (C=O) groups excluding carboxylic acids is 2. The fourth-order valence-corrected chi connectivity index (χ4v) is 4.65. The topological polar surface area (TPSA) is 352 Å². The zero-order valence-electron chi connectivity index (χ0n) is 34.3. The molecule has 2 aromatic heterocycles. The van der Waals surface area contributed by atoms with E-state index in [0.29, 0.717) is 31.1 Å². The average Bonchev–Trinajstić information content (AvgIpc) is 3.80. The number of guanidine groups is 2. The molecule has 2 rings (SSSR count). The average molecular weight is 1000 g/mol. The summed E-state index contributed by atoms with van der Waals surface area (Å²) in [5, 5.41) is 34.4. The van der Waals surface area contributed by atoms with Crippen LogP contribution in [0.2, 0.25) is 0 Å². The summed E-state index contributed by atoms with van der Waals surface area (Å²) >= 11 is 1.50. The minimum Gasteiger partial charge on any atom is -0.475 e. The minimum atomic E-state index is -5.08. The number of nitrogen functional groups attached to an aromatic ring is 1. The number of alkyl halides is 12. The summed E-state index contributed by atoms with van der Waals surface area (Å²) in [7, 11) is 0. The summed E-state index contributed by atoms with van der Waals surface area (Å²) in [6.45, 7) is 3.03. The number of imidazole rings is 1. The Morgan fingerprint density at radius 3 is 1.24 bits per heavy atom. The van der Waals surface area contributed by atoms with Gasteiger partial charge in [0.2, 0.25) is 11.8 Å². The third-order valence-electron chi connectivity index (χ3n) is 6.76. The molecule has 2 amide bonds. The van der Waals surface area contributed by atoms with Gasteiger partial charge in [-0.05, 0) is 45.4 Å². The number of hydrogen-bond donors (Lipinski definition) is 10. The fraction of sp³-hybridized carbons (Fsp3) is 0.576. The number of anilines is 1. The van der Waals surface area contributed by atoms with E-state index in [1.54, 1.807) is 12.5 Å². The van der Waals surface area contributed by atoms with Crippen LogP contribution < -0.4 is 27.8 Å². The molecule has 0 aliphatic heterocycles. The summed E-state index contributed by atoms with van der Waals surface area (Å²) in [6, 6.07) is 0. The van der Waals surface area contributed by atoms with E-state index in [1.165, 1.54) is 11.3 Å². The third-order valence-corrected chi connectivity index (χ3v) is 7.80. The van der Waals surface area contributed by atoms with E-state index < -0.39 is 48.6 Å². The number of aromatic nitrogens is 3. The normalized spacial score (nSPS) is 11.7. The number of H-pyrrole nitrogens is 1. The Bertz CT molecular complexity index is 1740. The monoisotopic (exact) mass is 1000 g/mol. The van der Waals surface area contributed by atoms with Crippen LogP contribution in [0.15, 0.2) is 22.5 Å². The highest BCUT2D eigenvalue weighted by molar-refractivity contribution is 7.15. The predicted octanol–water partition coefficient (Wildman–Crippen LogP) is 4.84. The highest BCUT2D eigenvalue weighted by Crippen LogP contribution is 2.21. The van der Waals surface area contributed by atoms with Crippen molar-refractivity contribution in [2.24, 2.45) is 21.5 Å². The second kappa shape index (κ2) is 32.3. The largest absolute Gasteiger partial charge is 0.490 e. The van der Waals surface area contributed by atoms with Crippen molar-refractivity contribution in [1.29, 1.82) is 0 Å². The zero-order valence-corrected chi connectivity index (χ0v) is 35.1. The van der Waals surface area contributed by atoms with E-state index >= 15 is 0 Å². The number of carbonyl (C=O) groups is 6. The number of halogens is 12. The molecule has 2 aromatic rings. The number of amides is 2. The Morgan fingerprint density at radius 1 is 0.621 bits per heavy atom. The lowest BCUT2D eigenvalue weighted by Crippen LogP contribution is -2.36. The maximum Gasteiger partial charge on any atom is 0.490 e. The number of thiazole rings is 1. The van der Waals surface area contributed by atoms with Crippen LogP contribution in [0.3, 0.4) is 0 Å². The lowest BCUT2D eigenvalue weighted by Gasteiger charge is -2.06. The number of aryl methyl sites for hydroxylation is 3. The van der Waals surface area contributed by atoms with Gasteiger partial charge in [0.25, 0.3) is 0 Å². The molecule has 66 heavy (non-hydrogen) atoms.